The van der Waals surface area contributed by atoms with Gasteiger partial charge in [-0.3, -0.25) is 9.98 Å². The summed E-state index contributed by atoms with van der Waals surface area (Å²) in [6.07, 6.45) is 11.7. The first kappa shape index (κ1) is 13.9. The van der Waals surface area contributed by atoms with Gasteiger partial charge in [-0.2, -0.15) is 0 Å². The van der Waals surface area contributed by atoms with E-state index in [0.717, 1.165) is 24.7 Å². The molecule has 0 radical (unpaired) electrons. The standard InChI is InChI=1S/C16H23N3S/c1-2-7-16(8-3-1)12-19-15(20-13-16)18-11-6-14-4-9-17-10-5-14/h4-5,9-10H,1-3,6-8,11-13H2,(H,18,19). The highest BCUT2D eigenvalue weighted by atomic mass is 32.2. The molecule has 3 rings (SSSR count). The van der Waals surface area contributed by atoms with Gasteiger partial charge < -0.3 is 5.32 Å². The van der Waals surface area contributed by atoms with Crippen LogP contribution in [0, 0.1) is 5.41 Å². The third kappa shape index (κ3) is 3.54. The first-order valence-corrected chi connectivity index (χ1v) is 8.65. The highest BCUT2D eigenvalue weighted by molar-refractivity contribution is 8.13. The molecule has 0 aromatic carbocycles. The first-order valence-electron chi connectivity index (χ1n) is 7.66. The number of pyridine rings is 1. The van der Waals surface area contributed by atoms with Crippen LogP contribution in [0.2, 0.25) is 0 Å². The normalized spacial score (nSPS) is 21.5. The summed E-state index contributed by atoms with van der Waals surface area (Å²) in [5.74, 6) is 1.26. The van der Waals surface area contributed by atoms with Gasteiger partial charge in [-0.25, -0.2) is 0 Å². The summed E-state index contributed by atoms with van der Waals surface area (Å²) < 4.78 is 0. The Hall–Kier alpha value is -1.03. The number of nitrogens with one attached hydrogen (secondary N) is 1. The summed E-state index contributed by atoms with van der Waals surface area (Å²) in [5, 5.41) is 4.63. The van der Waals surface area contributed by atoms with Crippen LogP contribution in [0.3, 0.4) is 0 Å². The van der Waals surface area contributed by atoms with Gasteiger partial charge in [0.15, 0.2) is 5.17 Å². The van der Waals surface area contributed by atoms with Gasteiger partial charge in [0.05, 0.1) is 0 Å². The van der Waals surface area contributed by atoms with Gasteiger partial charge in [0.2, 0.25) is 0 Å². The molecule has 2 heterocycles. The SMILES string of the molecule is c1cc(CCNC2=NCC3(CCCCC3)CS2)ccn1. The highest BCUT2D eigenvalue weighted by Gasteiger charge is 2.34. The molecule has 1 aliphatic carbocycles. The van der Waals surface area contributed by atoms with Gasteiger partial charge in [0.1, 0.15) is 0 Å². The average molecular weight is 289 g/mol. The molecule has 1 fully saturated rings. The maximum atomic E-state index is 4.79. The third-order valence-electron chi connectivity index (χ3n) is 4.43. The van der Waals surface area contributed by atoms with Gasteiger partial charge in [-0.15, -0.1) is 0 Å². The van der Waals surface area contributed by atoms with E-state index in [2.05, 4.69) is 22.4 Å². The van der Waals surface area contributed by atoms with E-state index in [4.69, 9.17) is 4.99 Å². The lowest BCUT2D eigenvalue weighted by molar-refractivity contribution is 0.232. The monoisotopic (exact) mass is 289 g/mol. The number of hydrogen-bond acceptors (Lipinski definition) is 4. The van der Waals surface area contributed by atoms with Crippen LogP contribution in [-0.4, -0.2) is 29.0 Å². The van der Waals surface area contributed by atoms with Crippen molar-refractivity contribution in [2.75, 3.05) is 18.8 Å². The number of hydrogen-bond donors (Lipinski definition) is 1. The van der Waals surface area contributed by atoms with Crippen molar-refractivity contribution in [2.24, 2.45) is 10.4 Å². The zero-order valence-electron chi connectivity index (χ0n) is 12.0. The average Bonchev–Trinajstić information content (AvgIpc) is 2.52. The Morgan fingerprint density at radius 1 is 1.15 bits per heavy atom. The van der Waals surface area contributed by atoms with Crippen LogP contribution in [-0.2, 0) is 6.42 Å². The third-order valence-corrected chi connectivity index (χ3v) is 5.73. The first-order chi connectivity index (χ1) is 9.86. The van der Waals surface area contributed by atoms with E-state index >= 15 is 0 Å². The zero-order chi connectivity index (χ0) is 13.7. The molecule has 1 spiro atoms. The number of rotatable bonds is 3. The Morgan fingerprint density at radius 3 is 2.65 bits per heavy atom. The Balaban J connectivity index is 1.45. The van der Waals surface area contributed by atoms with Crippen LogP contribution in [0.4, 0.5) is 0 Å². The number of amidine groups is 1. The number of thioether (sulfide) groups is 1. The summed E-state index contributed by atoms with van der Waals surface area (Å²) in [4.78, 5) is 8.84. The summed E-state index contributed by atoms with van der Waals surface area (Å²) in [6.45, 7) is 2.00. The minimum absolute atomic E-state index is 0.527. The van der Waals surface area contributed by atoms with E-state index in [1.807, 2.05) is 24.2 Å². The molecule has 1 saturated carbocycles. The molecular weight excluding hydrogens is 266 g/mol. The topological polar surface area (TPSA) is 37.3 Å². The van der Waals surface area contributed by atoms with Crippen LogP contribution < -0.4 is 5.32 Å². The molecule has 1 N–H and O–H groups in total. The molecule has 0 atom stereocenters. The molecule has 1 aliphatic heterocycles. The molecule has 0 unspecified atom stereocenters. The van der Waals surface area contributed by atoms with Gasteiger partial charge in [-0.1, -0.05) is 31.0 Å². The maximum Gasteiger partial charge on any atom is 0.156 e. The van der Waals surface area contributed by atoms with Crippen LogP contribution in [0.25, 0.3) is 0 Å². The fourth-order valence-electron chi connectivity index (χ4n) is 3.13. The van der Waals surface area contributed by atoms with Crippen molar-refractivity contribution in [1.82, 2.24) is 10.3 Å². The number of aromatic nitrogens is 1. The quantitative estimate of drug-likeness (QED) is 0.928. The van der Waals surface area contributed by atoms with E-state index in [0.29, 0.717) is 5.41 Å². The lowest BCUT2D eigenvalue weighted by Crippen LogP contribution is -2.37. The summed E-state index contributed by atoms with van der Waals surface area (Å²) in [6, 6.07) is 4.16. The Bertz CT molecular complexity index is 452. The molecule has 3 nitrogen and oxygen atoms in total. The molecule has 4 heteroatoms. The van der Waals surface area contributed by atoms with Crippen LogP contribution in [0.1, 0.15) is 37.7 Å². The van der Waals surface area contributed by atoms with Gasteiger partial charge in [0, 0.05) is 31.2 Å². The van der Waals surface area contributed by atoms with Crippen molar-refractivity contribution < 1.29 is 0 Å². The predicted molar refractivity (Wildman–Crippen MR) is 86.2 cm³/mol. The lowest BCUT2D eigenvalue weighted by atomic mass is 9.75. The second-order valence-corrected chi connectivity index (χ2v) is 6.97. The summed E-state index contributed by atoms with van der Waals surface area (Å²) in [7, 11) is 0. The Morgan fingerprint density at radius 2 is 1.95 bits per heavy atom. The predicted octanol–water partition coefficient (Wildman–Crippen LogP) is 3.27. The summed E-state index contributed by atoms with van der Waals surface area (Å²) in [5.41, 5.74) is 1.86. The summed E-state index contributed by atoms with van der Waals surface area (Å²) >= 11 is 1.93. The molecule has 0 saturated heterocycles. The lowest BCUT2D eigenvalue weighted by Gasteiger charge is -2.38. The molecule has 0 amide bonds. The number of nitrogens with zero attached hydrogens (tertiary/aromatic N) is 2. The highest BCUT2D eigenvalue weighted by Crippen LogP contribution is 2.41. The van der Waals surface area contributed by atoms with Crippen molar-refractivity contribution in [1.29, 1.82) is 0 Å². The fourth-order valence-corrected chi connectivity index (χ4v) is 4.31. The van der Waals surface area contributed by atoms with Gasteiger partial charge >= 0.3 is 0 Å². The molecule has 1 aromatic rings. The van der Waals surface area contributed by atoms with Gasteiger partial charge in [-0.05, 0) is 42.4 Å². The molecule has 1 aromatic heterocycles. The Labute approximate surface area is 125 Å². The van der Waals surface area contributed by atoms with Crippen LogP contribution >= 0.6 is 11.8 Å². The van der Waals surface area contributed by atoms with E-state index in [-0.39, 0.29) is 0 Å². The Kier molecular flexibility index (Phi) is 4.61. The van der Waals surface area contributed by atoms with Crippen LogP contribution in [0.15, 0.2) is 29.5 Å². The molecule has 0 bridgehead atoms. The largest absolute Gasteiger partial charge is 0.365 e. The molecular formula is C16H23N3S. The van der Waals surface area contributed by atoms with E-state index in [9.17, 15) is 0 Å². The molecule has 108 valence electrons. The van der Waals surface area contributed by atoms with E-state index < -0.39 is 0 Å². The van der Waals surface area contributed by atoms with Crippen molar-refractivity contribution in [3.05, 3.63) is 30.1 Å². The van der Waals surface area contributed by atoms with E-state index in [1.54, 1.807) is 0 Å². The van der Waals surface area contributed by atoms with Crippen molar-refractivity contribution >= 4 is 16.9 Å². The van der Waals surface area contributed by atoms with Crippen molar-refractivity contribution in [3.8, 4) is 0 Å². The number of aliphatic imine (C=N–C) groups is 1. The van der Waals surface area contributed by atoms with Crippen molar-refractivity contribution in [3.63, 3.8) is 0 Å². The van der Waals surface area contributed by atoms with E-state index in [1.165, 1.54) is 43.4 Å². The second-order valence-electron chi connectivity index (χ2n) is 6.00. The molecule has 20 heavy (non-hydrogen) atoms. The fraction of sp³-hybridized carbons (Fsp3) is 0.625. The maximum absolute atomic E-state index is 4.79. The van der Waals surface area contributed by atoms with Crippen molar-refractivity contribution in [2.45, 2.75) is 38.5 Å². The minimum atomic E-state index is 0.527. The second kappa shape index (κ2) is 6.61. The molecule has 2 aliphatic rings. The zero-order valence-corrected chi connectivity index (χ0v) is 12.8. The minimum Gasteiger partial charge on any atom is -0.365 e. The smallest absolute Gasteiger partial charge is 0.156 e. The van der Waals surface area contributed by atoms with Crippen LogP contribution in [0.5, 0.6) is 0 Å². The van der Waals surface area contributed by atoms with Gasteiger partial charge in [0.25, 0.3) is 0 Å².